The number of benzene rings is 1. The molecule has 0 saturated carbocycles. The van der Waals surface area contributed by atoms with Crippen LogP contribution in [0.25, 0.3) is 16.3 Å². The summed E-state index contributed by atoms with van der Waals surface area (Å²) in [5, 5.41) is 9.54. The predicted molar refractivity (Wildman–Crippen MR) is 111 cm³/mol. The van der Waals surface area contributed by atoms with E-state index < -0.39 is 12.1 Å². The second kappa shape index (κ2) is 8.67. The van der Waals surface area contributed by atoms with E-state index in [1.54, 1.807) is 43.3 Å². The number of ether oxygens (including phenoxy) is 2. The van der Waals surface area contributed by atoms with Crippen molar-refractivity contribution in [1.82, 2.24) is 4.98 Å². The van der Waals surface area contributed by atoms with Crippen molar-refractivity contribution < 1.29 is 19.1 Å². The molecule has 0 radical (unpaired) electrons. The van der Waals surface area contributed by atoms with Crippen molar-refractivity contribution in [1.29, 1.82) is 5.26 Å². The second-order valence-corrected chi connectivity index (χ2v) is 7.28. The fourth-order valence-corrected chi connectivity index (χ4v) is 3.73. The molecule has 0 fully saturated rings. The first kappa shape index (κ1) is 20.2. The number of aromatic nitrogens is 1. The van der Waals surface area contributed by atoms with Crippen LogP contribution in [0.2, 0.25) is 0 Å². The minimum atomic E-state index is -0.527. The third kappa shape index (κ3) is 4.50. The summed E-state index contributed by atoms with van der Waals surface area (Å²) in [5.41, 5.74) is 2.02. The molecular weight excluding hydrogens is 388 g/mol. The van der Waals surface area contributed by atoms with Crippen molar-refractivity contribution in [2.45, 2.75) is 20.0 Å². The quantitative estimate of drug-likeness (QED) is 0.338. The molecule has 2 heterocycles. The van der Waals surface area contributed by atoms with Crippen LogP contribution >= 0.6 is 11.3 Å². The van der Waals surface area contributed by atoms with Gasteiger partial charge >= 0.3 is 5.97 Å². The van der Waals surface area contributed by atoms with Gasteiger partial charge in [0.05, 0.1) is 7.11 Å². The van der Waals surface area contributed by atoms with Crippen molar-refractivity contribution in [3.63, 3.8) is 0 Å². The number of pyridine rings is 1. The number of aryl methyl sites for hydroxylation is 1. The summed E-state index contributed by atoms with van der Waals surface area (Å²) in [5.74, 6) is -0.00979. The highest BCUT2D eigenvalue weighted by molar-refractivity contribution is 7.20. The first-order chi connectivity index (χ1) is 13.9. The van der Waals surface area contributed by atoms with E-state index in [-0.39, 0.29) is 5.78 Å². The lowest BCUT2D eigenvalue weighted by Gasteiger charge is -2.07. The summed E-state index contributed by atoms with van der Waals surface area (Å²) in [4.78, 5) is 29.9. The van der Waals surface area contributed by atoms with E-state index in [2.05, 4.69) is 4.98 Å². The van der Waals surface area contributed by atoms with E-state index in [0.717, 1.165) is 16.5 Å². The average molecular weight is 406 g/mol. The molecule has 0 spiro atoms. The van der Waals surface area contributed by atoms with Crippen LogP contribution < -0.4 is 4.74 Å². The van der Waals surface area contributed by atoms with Gasteiger partial charge in [0.2, 0.25) is 0 Å². The Morgan fingerprint density at radius 1 is 1.28 bits per heavy atom. The van der Waals surface area contributed by atoms with E-state index in [4.69, 9.17) is 14.7 Å². The number of nitriles is 1. The number of esters is 1. The number of fused-ring (bicyclic) bond motifs is 1. The van der Waals surface area contributed by atoms with Gasteiger partial charge in [0.1, 0.15) is 21.5 Å². The molecule has 2 aromatic heterocycles. The lowest BCUT2D eigenvalue weighted by Crippen LogP contribution is -2.07. The Hall–Kier alpha value is -3.50. The Kier molecular flexibility index (Phi) is 6.05. The number of methoxy groups -OCH3 is 1. The van der Waals surface area contributed by atoms with Gasteiger partial charge in [-0.3, -0.25) is 4.79 Å². The van der Waals surface area contributed by atoms with Gasteiger partial charge in [0, 0.05) is 17.1 Å². The van der Waals surface area contributed by atoms with Crippen LogP contribution in [0.3, 0.4) is 0 Å². The lowest BCUT2D eigenvalue weighted by molar-refractivity contribution is 0.0605. The van der Waals surface area contributed by atoms with Crippen LogP contribution in [0.15, 0.2) is 42.6 Å². The zero-order valence-electron chi connectivity index (χ0n) is 16.1. The molecule has 146 valence electrons. The van der Waals surface area contributed by atoms with Crippen LogP contribution in [-0.4, -0.2) is 30.0 Å². The zero-order chi connectivity index (χ0) is 21.0. The molecule has 0 amide bonds. The maximum atomic E-state index is 12.5. The third-order valence-corrected chi connectivity index (χ3v) is 5.45. The third-order valence-electron chi connectivity index (χ3n) is 4.25. The summed E-state index contributed by atoms with van der Waals surface area (Å²) in [7, 11) is 1.34. The number of carbonyl (C=O) groups excluding carboxylic acids is 2. The Morgan fingerprint density at radius 3 is 2.66 bits per heavy atom. The molecule has 1 unspecified atom stereocenters. The van der Waals surface area contributed by atoms with Gasteiger partial charge in [0.25, 0.3) is 0 Å². The minimum Gasteiger partial charge on any atom is -0.476 e. The number of rotatable bonds is 6. The summed E-state index contributed by atoms with van der Waals surface area (Å²) in [6.45, 7) is 3.48. The fourth-order valence-electron chi connectivity index (χ4n) is 2.68. The number of allylic oxidation sites excluding steroid dienone is 1. The molecule has 0 N–H and O–H groups in total. The van der Waals surface area contributed by atoms with Crippen molar-refractivity contribution in [3.8, 4) is 11.8 Å². The first-order valence-electron chi connectivity index (χ1n) is 8.79. The highest BCUT2D eigenvalue weighted by Crippen LogP contribution is 2.30. The molecule has 0 bridgehead atoms. The molecule has 1 atom stereocenters. The normalized spacial score (nSPS) is 11.9. The number of ketones is 1. The van der Waals surface area contributed by atoms with Crippen LogP contribution in [-0.2, 0) is 4.74 Å². The number of thiophene rings is 1. The summed E-state index contributed by atoms with van der Waals surface area (Å²) in [6, 6.07) is 10.8. The number of hydrogen-bond acceptors (Lipinski definition) is 7. The van der Waals surface area contributed by atoms with Gasteiger partial charge in [-0.15, -0.1) is 11.3 Å². The van der Waals surface area contributed by atoms with E-state index in [9.17, 15) is 9.59 Å². The van der Waals surface area contributed by atoms with Crippen molar-refractivity contribution in [3.05, 3.63) is 64.2 Å². The largest absolute Gasteiger partial charge is 0.476 e. The molecule has 6 nitrogen and oxygen atoms in total. The molecule has 0 aliphatic heterocycles. The second-order valence-electron chi connectivity index (χ2n) is 6.28. The standard InChI is InChI=1S/C22H18N2O4S/c1-13(11-23)28-17-7-4-15(5-8-17)6-9-19(25)16-10-18-14(2)20(22(26)27-3)29-21(18)24-12-16/h4-10,12-13H,1-3H3/b9-6+. The molecule has 29 heavy (non-hydrogen) atoms. The maximum absolute atomic E-state index is 12.5. The van der Waals surface area contributed by atoms with E-state index in [1.165, 1.54) is 30.7 Å². The molecule has 0 aliphatic carbocycles. The average Bonchev–Trinajstić information content (AvgIpc) is 3.08. The number of nitrogens with zero attached hydrogens (tertiary/aromatic N) is 2. The molecule has 3 aromatic rings. The highest BCUT2D eigenvalue weighted by Gasteiger charge is 2.17. The predicted octanol–water partition coefficient (Wildman–Crippen LogP) is 4.58. The number of carbonyl (C=O) groups is 2. The summed E-state index contributed by atoms with van der Waals surface area (Å²) in [6.07, 6.45) is 4.15. The van der Waals surface area contributed by atoms with Gasteiger partial charge in [-0.1, -0.05) is 18.2 Å². The fraction of sp³-hybridized carbons (Fsp3) is 0.182. The lowest BCUT2D eigenvalue weighted by atomic mass is 10.1. The van der Waals surface area contributed by atoms with Crippen molar-refractivity contribution >= 4 is 39.4 Å². The molecular formula is C22H18N2O4S. The Labute approximate surface area is 172 Å². The molecule has 3 rings (SSSR count). The smallest absolute Gasteiger partial charge is 0.348 e. The summed E-state index contributed by atoms with van der Waals surface area (Å²) >= 11 is 1.25. The van der Waals surface area contributed by atoms with E-state index >= 15 is 0 Å². The first-order valence-corrected chi connectivity index (χ1v) is 9.60. The Bertz CT molecular complexity index is 1140. The van der Waals surface area contributed by atoms with Crippen molar-refractivity contribution in [2.24, 2.45) is 0 Å². The van der Waals surface area contributed by atoms with Gasteiger partial charge < -0.3 is 9.47 Å². The van der Waals surface area contributed by atoms with Crippen LogP contribution in [0.5, 0.6) is 5.75 Å². The molecule has 1 aromatic carbocycles. The topological polar surface area (TPSA) is 89.3 Å². The van der Waals surface area contributed by atoms with Crippen LogP contribution in [0, 0.1) is 18.3 Å². The van der Waals surface area contributed by atoms with Crippen molar-refractivity contribution in [2.75, 3.05) is 7.11 Å². The van der Waals surface area contributed by atoms with Gasteiger partial charge in [0.15, 0.2) is 11.9 Å². The summed E-state index contributed by atoms with van der Waals surface area (Å²) < 4.78 is 10.2. The minimum absolute atomic E-state index is 0.192. The van der Waals surface area contributed by atoms with Gasteiger partial charge in [-0.05, 0) is 49.2 Å². The van der Waals surface area contributed by atoms with Gasteiger partial charge in [-0.25, -0.2) is 9.78 Å². The van der Waals surface area contributed by atoms with Crippen LogP contribution in [0.1, 0.15) is 38.1 Å². The van der Waals surface area contributed by atoms with E-state index in [1.807, 2.05) is 13.0 Å². The monoisotopic (exact) mass is 406 g/mol. The number of hydrogen-bond donors (Lipinski definition) is 0. The van der Waals surface area contributed by atoms with Gasteiger partial charge in [-0.2, -0.15) is 5.26 Å². The molecule has 0 aliphatic rings. The Morgan fingerprint density at radius 2 is 2.00 bits per heavy atom. The zero-order valence-corrected chi connectivity index (χ0v) is 16.9. The molecule has 7 heteroatoms. The van der Waals surface area contributed by atoms with E-state index in [0.29, 0.717) is 21.0 Å². The highest BCUT2D eigenvalue weighted by atomic mass is 32.1. The van der Waals surface area contributed by atoms with Crippen LogP contribution in [0.4, 0.5) is 0 Å². The SMILES string of the molecule is COC(=O)c1sc2ncc(C(=O)/C=C/c3ccc(OC(C)C#N)cc3)cc2c1C. The molecule has 0 saturated heterocycles. The Balaban J connectivity index is 1.78. The maximum Gasteiger partial charge on any atom is 0.348 e.